The van der Waals surface area contributed by atoms with Crippen LogP contribution in [0.1, 0.15) is 23.1 Å². The Labute approximate surface area is 233 Å². The number of hydrogen-bond acceptors (Lipinski definition) is 6. The Hall–Kier alpha value is -4.40. The molecule has 3 N–H and O–H groups in total. The molecule has 0 bridgehead atoms. The highest BCUT2D eigenvalue weighted by molar-refractivity contribution is 5.73. The number of nitrogens with two attached hydrogens (primary N) is 1. The van der Waals surface area contributed by atoms with Crippen LogP contribution in [0.4, 0.5) is 4.39 Å². The highest BCUT2D eigenvalue weighted by atomic mass is 19.1. The molecule has 0 aliphatic rings. The monoisotopic (exact) mass is 544 g/mol. The molecule has 0 heterocycles. The minimum atomic E-state index is -1.04. The minimum Gasteiger partial charge on any atom is -0.497 e. The first-order valence-corrected chi connectivity index (χ1v) is 13.0. The van der Waals surface area contributed by atoms with Crippen LogP contribution in [-0.4, -0.2) is 35.7 Å². The zero-order valence-corrected chi connectivity index (χ0v) is 22.3. The second kappa shape index (κ2) is 14.1. The van der Waals surface area contributed by atoms with Crippen molar-refractivity contribution in [3.05, 3.63) is 120 Å². The van der Waals surface area contributed by atoms with Crippen LogP contribution in [-0.2, 0) is 24.5 Å². The van der Waals surface area contributed by atoms with Crippen molar-refractivity contribution in [3.63, 3.8) is 0 Å². The number of para-hydroxylation sites is 2. The van der Waals surface area contributed by atoms with E-state index in [0.717, 1.165) is 28.2 Å². The van der Waals surface area contributed by atoms with Crippen LogP contribution < -0.4 is 19.9 Å². The van der Waals surface area contributed by atoms with E-state index in [1.54, 1.807) is 19.2 Å². The van der Waals surface area contributed by atoms with Crippen molar-refractivity contribution in [1.29, 1.82) is 0 Å². The number of aliphatic carboxylic acids is 1. The van der Waals surface area contributed by atoms with E-state index in [1.807, 2.05) is 72.8 Å². The van der Waals surface area contributed by atoms with Crippen LogP contribution >= 0.6 is 0 Å². The molecular weight excluding hydrogens is 511 g/mol. The third-order valence-electron chi connectivity index (χ3n) is 6.36. The normalized spacial score (nSPS) is 11.7. The van der Waals surface area contributed by atoms with Gasteiger partial charge in [0.2, 0.25) is 0 Å². The standard InChI is InChI=1S/C32H33FN2O5/c1-38-27-12-6-8-23(18-27)22-39-30-14-4-2-9-24(30)20-35(17-16-29(34)32(36)37)21-25-10-3-5-15-31(25)40-28-13-7-11-26(33)19-28/h2-15,18-19,29H,16-17,20-22,34H2,1H3,(H,36,37). The Bertz CT molecular complexity index is 1410. The lowest BCUT2D eigenvalue weighted by Crippen LogP contribution is -2.35. The van der Waals surface area contributed by atoms with Gasteiger partial charge in [0.05, 0.1) is 7.11 Å². The fourth-order valence-electron chi connectivity index (χ4n) is 4.23. The quantitative estimate of drug-likeness (QED) is 0.201. The third-order valence-corrected chi connectivity index (χ3v) is 6.36. The molecule has 0 radical (unpaired) electrons. The van der Waals surface area contributed by atoms with Gasteiger partial charge in [-0.05, 0) is 48.4 Å². The summed E-state index contributed by atoms with van der Waals surface area (Å²) in [7, 11) is 1.63. The highest BCUT2D eigenvalue weighted by Crippen LogP contribution is 2.29. The zero-order chi connectivity index (χ0) is 28.3. The first-order valence-electron chi connectivity index (χ1n) is 13.0. The molecule has 1 unspecified atom stereocenters. The molecule has 1 atom stereocenters. The van der Waals surface area contributed by atoms with Crippen molar-refractivity contribution in [2.75, 3.05) is 13.7 Å². The lowest BCUT2D eigenvalue weighted by Gasteiger charge is -2.25. The smallest absolute Gasteiger partial charge is 0.320 e. The number of carboxylic acids is 1. The van der Waals surface area contributed by atoms with Crippen LogP contribution in [0.15, 0.2) is 97.1 Å². The molecule has 0 saturated heterocycles. The van der Waals surface area contributed by atoms with Crippen molar-refractivity contribution in [3.8, 4) is 23.0 Å². The molecule has 4 rings (SSSR count). The van der Waals surface area contributed by atoms with Gasteiger partial charge in [-0.15, -0.1) is 0 Å². The lowest BCUT2D eigenvalue weighted by atomic mass is 10.1. The summed E-state index contributed by atoms with van der Waals surface area (Å²) in [5.74, 6) is 1.03. The Balaban J connectivity index is 1.54. The van der Waals surface area contributed by atoms with Gasteiger partial charge < -0.3 is 25.1 Å². The number of methoxy groups -OCH3 is 1. The van der Waals surface area contributed by atoms with Crippen LogP contribution in [0.3, 0.4) is 0 Å². The number of nitrogens with zero attached hydrogens (tertiary/aromatic N) is 1. The number of rotatable bonds is 14. The van der Waals surface area contributed by atoms with Gasteiger partial charge in [0.15, 0.2) is 0 Å². The molecule has 0 aliphatic heterocycles. The van der Waals surface area contributed by atoms with E-state index in [4.69, 9.17) is 19.9 Å². The van der Waals surface area contributed by atoms with E-state index in [9.17, 15) is 14.3 Å². The van der Waals surface area contributed by atoms with Gasteiger partial charge in [0.1, 0.15) is 41.5 Å². The molecule has 8 heteroatoms. The van der Waals surface area contributed by atoms with E-state index >= 15 is 0 Å². The maximum atomic E-state index is 13.7. The van der Waals surface area contributed by atoms with Crippen LogP contribution in [0.25, 0.3) is 0 Å². The van der Waals surface area contributed by atoms with Crippen LogP contribution in [0.5, 0.6) is 23.0 Å². The molecule has 0 fully saturated rings. The summed E-state index contributed by atoms with van der Waals surface area (Å²) >= 11 is 0. The van der Waals surface area contributed by atoms with Gasteiger partial charge in [-0.25, -0.2) is 4.39 Å². The number of halogens is 1. The van der Waals surface area contributed by atoms with Gasteiger partial charge in [0.25, 0.3) is 0 Å². The molecule has 0 aliphatic carbocycles. The second-order valence-electron chi connectivity index (χ2n) is 9.36. The number of carboxylic acid groups (broad SMARTS) is 1. The van der Waals surface area contributed by atoms with Gasteiger partial charge in [-0.1, -0.05) is 54.6 Å². The predicted molar refractivity (Wildman–Crippen MR) is 151 cm³/mol. The van der Waals surface area contributed by atoms with E-state index in [0.29, 0.717) is 37.7 Å². The molecule has 7 nitrogen and oxygen atoms in total. The number of ether oxygens (including phenoxy) is 3. The maximum absolute atomic E-state index is 13.7. The largest absolute Gasteiger partial charge is 0.497 e. The summed E-state index contributed by atoms with van der Waals surface area (Å²) < 4.78 is 31.3. The predicted octanol–water partition coefficient (Wildman–Crippen LogP) is 6.01. The molecular formula is C32H33FN2O5. The van der Waals surface area contributed by atoms with E-state index in [1.165, 1.54) is 12.1 Å². The van der Waals surface area contributed by atoms with Crippen molar-refractivity contribution in [1.82, 2.24) is 4.90 Å². The summed E-state index contributed by atoms with van der Waals surface area (Å²) in [5, 5.41) is 9.34. The number of benzene rings is 4. The second-order valence-corrected chi connectivity index (χ2v) is 9.36. The number of hydrogen-bond donors (Lipinski definition) is 2. The lowest BCUT2D eigenvalue weighted by molar-refractivity contribution is -0.138. The van der Waals surface area contributed by atoms with Crippen molar-refractivity contribution >= 4 is 5.97 Å². The topological polar surface area (TPSA) is 94.2 Å². The highest BCUT2D eigenvalue weighted by Gasteiger charge is 2.18. The molecule has 0 spiro atoms. The van der Waals surface area contributed by atoms with Crippen molar-refractivity contribution in [2.24, 2.45) is 5.73 Å². The third kappa shape index (κ3) is 8.30. The molecule has 0 aromatic heterocycles. The molecule has 0 saturated carbocycles. The van der Waals surface area contributed by atoms with Gasteiger partial charge in [0, 0.05) is 36.8 Å². The zero-order valence-electron chi connectivity index (χ0n) is 22.3. The Morgan fingerprint density at radius 2 is 1.52 bits per heavy atom. The minimum absolute atomic E-state index is 0.259. The molecule has 0 amide bonds. The Morgan fingerprint density at radius 1 is 0.875 bits per heavy atom. The van der Waals surface area contributed by atoms with Crippen molar-refractivity contribution in [2.45, 2.75) is 32.2 Å². The van der Waals surface area contributed by atoms with Crippen LogP contribution in [0.2, 0.25) is 0 Å². The van der Waals surface area contributed by atoms with E-state index < -0.39 is 12.0 Å². The van der Waals surface area contributed by atoms with Gasteiger partial charge >= 0.3 is 5.97 Å². The van der Waals surface area contributed by atoms with Gasteiger partial charge in [-0.2, -0.15) is 0 Å². The van der Waals surface area contributed by atoms with Gasteiger partial charge in [-0.3, -0.25) is 9.69 Å². The first-order chi connectivity index (χ1) is 19.4. The average molecular weight is 545 g/mol. The number of carbonyl (C=O) groups is 1. The summed E-state index contributed by atoms with van der Waals surface area (Å²) in [5.41, 5.74) is 8.62. The Kier molecular flexibility index (Phi) is 10.1. The van der Waals surface area contributed by atoms with Crippen molar-refractivity contribution < 1.29 is 28.5 Å². The molecule has 4 aromatic carbocycles. The molecule has 40 heavy (non-hydrogen) atoms. The maximum Gasteiger partial charge on any atom is 0.320 e. The SMILES string of the molecule is COc1cccc(COc2ccccc2CN(CCC(N)C(=O)O)Cc2ccccc2Oc2cccc(F)c2)c1. The molecule has 4 aromatic rings. The summed E-state index contributed by atoms with van der Waals surface area (Å²) in [6, 6.07) is 28.0. The Morgan fingerprint density at radius 3 is 2.23 bits per heavy atom. The molecule has 208 valence electrons. The average Bonchev–Trinajstić information content (AvgIpc) is 2.96. The van der Waals surface area contributed by atoms with Crippen LogP contribution in [0, 0.1) is 5.82 Å². The first kappa shape index (κ1) is 28.6. The fourth-order valence-corrected chi connectivity index (χ4v) is 4.23. The van der Waals surface area contributed by atoms with E-state index in [2.05, 4.69) is 4.90 Å². The van der Waals surface area contributed by atoms with E-state index in [-0.39, 0.29) is 12.2 Å². The summed E-state index contributed by atoms with van der Waals surface area (Å²) in [4.78, 5) is 13.5. The summed E-state index contributed by atoms with van der Waals surface area (Å²) in [6.45, 7) is 1.71. The summed E-state index contributed by atoms with van der Waals surface area (Å²) in [6.07, 6.45) is 0.259. The fraction of sp³-hybridized carbons (Fsp3) is 0.219.